The Bertz CT molecular complexity index is 574. The van der Waals surface area contributed by atoms with E-state index in [2.05, 4.69) is 5.32 Å². The van der Waals surface area contributed by atoms with Crippen molar-refractivity contribution in [1.29, 1.82) is 0 Å². The Labute approximate surface area is 136 Å². The summed E-state index contributed by atoms with van der Waals surface area (Å²) in [5, 5.41) is 21.5. The third kappa shape index (κ3) is 5.33. The lowest BCUT2D eigenvalue weighted by molar-refractivity contribution is -0.122. The Morgan fingerprint density at radius 1 is 1.30 bits per heavy atom. The maximum absolute atomic E-state index is 12.1. The molecule has 1 aliphatic heterocycles. The Morgan fingerprint density at radius 3 is 2.83 bits per heavy atom. The average Bonchev–Trinajstić information content (AvgIpc) is 2.71. The summed E-state index contributed by atoms with van der Waals surface area (Å²) in [6.45, 7) is 4.07. The van der Waals surface area contributed by atoms with Crippen molar-refractivity contribution in [3.8, 4) is 0 Å². The van der Waals surface area contributed by atoms with Crippen molar-refractivity contribution in [1.82, 2.24) is 10.2 Å². The number of benzene rings is 1. The summed E-state index contributed by atoms with van der Waals surface area (Å²) in [6.07, 6.45) is 2.13. The van der Waals surface area contributed by atoms with Gasteiger partial charge in [0.2, 0.25) is 5.91 Å². The minimum atomic E-state index is -0.972. The van der Waals surface area contributed by atoms with E-state index in [-0.39, 0.29) is 17.6 Å². The van der Waals surface area contributed by atoms with Crippen molar-refractivity contribution >= 4 is 11.9 Å². The number of likely N-dealkylation sites (tertiary alicyclic amines) is 1. The highest BCUT2D eigenvalue weighted by Gasteiger charge is 2.17. The number of aromatic carboxylic acids is 1. The molecule has 0 aliphatic carbocycles. The van der Waals surface area contributed by atoms with E-state index in [4.69, 9.17) is 5.11 Å². The molecule has 1 fully saturated rings. The van der Waals surface area contributed by atoms with Gasteiger partial charge in [-0.1, -0.05) is 6.07 Å². The number of carboxylic acid groups (broad SMARTS) is 1. The number of nitrogens with one attached hydrogen (secondary N) is 1. The van der Waals surface area contributed by atoms with E-state index in [1.54, 1.807) is 18.2 Å². The van der Waals surface area contributed by atoms with Crippen LogP contribution in [-0.2, 0) is 11.3 Å². The number of hydrogen-bond donors (Lipinski definition) is 3. The number of carbonyl (C=O) groups is 2. The highest BCUT2D eigenvalue weighted by Crippen LogP contribution is 2.12. The highest BCUT2D eigenvalue weighted by atomic mass is 16.4. The van der Waals surface area contributed by atoms with E-state index in [0.717, 1.165) is 37.1 Å². The standard InChI is InChI=1S/C17H24N2O4/c1-12-4-5-13(17(22)23)9-14(12)10-18-16(21)11-19-7-2-3-15(20)6-8-19/h4-5,9,15,20H,2-3,6-8,10-11H2,1H3,(H,18,21)(H,22,23). The van der Waals surface area contributed by atoms with E-state index in [9.17, 15) is 14.7 Å². The quantitative estimate of drug-likeness (QED) is 0.757. The summed E-state index contributed by atoms with van der Waals surface area (Å²) < 4.78 is 0. The first kappa shape index (κ1) is 17.4. The molecule has 1 aromatic carbocycles. The maximum Gasteiger partial charge on any atom is 0.335 e. The Kier molecular flexibility index (Phi) is 6.12. The molecule has 0 saturated carbocycles. The summed E-state index contributed by atoms with van der Waals surface area (Å²) in [4.78, 5) is 25.1. The molecule has 1 saturated heterocycles. The summed E-state index contributed by atoms with van der Waals surface area (Å²) in [5.74, 6) is -1.05. The summed E-state index contributed by atoms with van der Waals surface area (Å²) in [5.41, 5.74) is 1.99. The van der Waals surface area contributed by atoms with Crippen LogP contribution in [0.2, 0.25) is 0 Å². The van der Waals surface area contributed by atoms with Crippen LogP contribution < -0.4 is 5.32 Å². The van der Waals surface area contributed by atoms with Crippen LogP contribution in [-0.4, -0.2) is 52.7 Å². The molecule has 1 unspecified atom stereocenters. The number of aliphatic hydroxyl groups excluding tert-OH is 1. The molecule has 6 heteroatoms. The number of hydrogen-bond acceptors (Lipinski definition) is 4. The average molecular weight is 320 g/mol. The van der Waals surface area contributed by atoms with Crippen LogP contribution in [0.3, 0.4) is 0 Å². The van der Waals surface area contributed by atoms with Gasteiger partial charge in [0.15, 0.2) is 0 Å². The first-order chi connectivity index (χ1) is 11.0. The second-order valence-corrected chi connectivity index (χ2v) is 6.08. The van der Waals surface area contributed by atoms with Crippen LogP contribution in [0.1, 0.15) is 40.7 Å². The third-order valence-electron chi connectivity index (χ3n) is 4.23. The molecule has 1 amide bonds. The number of aryl methyl sites for hydroxylation is 1. The van der Waals surface area contributed by atoms with Gasteiger partial charge in [0.05, 0.1) is 18.2 Å². The molecule has 1 aromatic rings. The molecule has 1 atom stereocenters. The Hall–Kier alpha value is -1.92. The van der Waals surface area contributed by atoms with Gasteiger partial charge >= 0.3 is 5.97 Å². The van der Waals surface area contributed by atoms with E-state index in [0.29, 0.717) is 19.5 Å². The molecule has 126 valence electrons. The molecular formula is C17H24N2O4. The van der Waals surface area contributed by atoms with Gasteiger partial charge in [-0.2, -0.15) is 0 Å². The largest absolute Gasteiger partial charge is 0.478 e. The normalized spacial score (nSPS) is 19.1. The predicted molar refractivity (Wildman–Crippen MR) is 86.3 cm³/mol. The topological polar surface area (TPSA) is 89.9 Å². The zero-order valence-corrected chi connectivity index (χ0v) is 13.4. The van der Waals surface area contributed by atoms with Crippen LogP contribution in [0, 0.1) is 6.92 Å². The first-order valence-electron chi connectivity index (χ1n) is 7.95. The number of rotatable bonds is 5. The van der Waals surface area contributed by atoms with Gasteiger partial charge in [-0.15, -0.1) is 0 Å². The number of amides is 1. The number of carboxylic acids is 1. The van der Waals surface area contributed by atoms with Gasteiger partial charge in [-0.25, -0.2) is 4.79 Å². The van der Waals surface area contributed by atoms with E-state index >= 15 is 0 Å². The van der Waals surface area contributed by atoms with Crippen LogP contribution in [0.5, 0.6) is 0 Å². The third-order valence-corrected chi connectivity index (χ3v) is 4.23. The second kappa shape index (κ2) is 8.08. The van der Waals surface area contributed by atoms with Crippen molar-refractivity contribution < 1.29 is 19.8 Å². The molecule has 0 spiro atoms. The number of carbonyl (C=O) groups excluding carboxylic acids is 1. The van der Waals surface area contributed by atoms with Crippen LogP contribution >= 0.6 is 0 Å². The lowest BCUT2D eigenvalue weighted by atomic mass is 10.0. The molecular weight excluding hydrogens is 296 g/mol. The van der Waals surface area contributed by atoms with Crippen molar-refractivity contribution in [2.75, 3.05) is 19.6 Å². The van der Waals surface area contributed by atoms with Gasteiger partial charge < -0.3 is 15.5 Å². The lowest BCUT2D eigenvalue weighted by Crippen LogP contribution is -2.37. The molecule has 6 nitrogen and oxygen atoms in total. The summed E-state index contributed by atoms with van der Waals surface area (Å²) in [7, 11) is 0. The van der Waals surface area contributed by atoms with Gasteiger partial charge in [0, 0.05) is 13.1 Å². The van der Waals surface area contributed by atoms with E-state index in [1.807, 2.05) is 11.8 Å². The van der Waals surface area contributed by atoms with Crippen molar-refractivity contribution in [2.24, 2.45) is 0 Å². The second-order valence-electron chi connectivity index (χ2n) is 6.08. The lowest BCUT2D eigenvalue weighted by Gasteiger charge is -2.19. The zero-order valence-electron chi connectivity index (χ0n) is 13.4. The fourth-order valence-electron chi connectivity index (χ4n) is 2.74. The molecule has 2 rings (SSSR count). The fraction of sp³-hybridized carbons (Fsp3) is 0.529. The van der Waals surface area contributed by atoms with Crippen LogP contribution in [0.25, 0.3) is 0 Å². The van der Waals surface area contributed by atoms with Crippen molar-refractivity contribution in [2.45, 2.75) is 38.8 Å². The van der Waals surface area contributed by atoms with Crippen LogP contribution in [0.15, 0.2) is 18.2 Å². The number of nitrogens with zero attached hydrogens (tertiary/aromatic N) is 1. The SMILES string of the molecule is Cc1ccc(C(=O)O)cc1CNC(=O)CN1CCCC(O)CC1. The number of aliphatic hydroxyl groups is 1. The zero-order chi connectivity index (χ0) is 16.8. The van der Waals surface area contributed by atoms with Crippen LogP contribution in [0.4, 0.5) is 0 Å². The maximum atomic E-state index is 12.1. The molecule has 0 radical (unpaired) electrons. The van der Waals surface area contributed by atoms with E-state index in [1.165, 1.54) is 0 Å². The summed E-state index contributed by atoms with van der Waals surface area (Å²) >= 11 is 0. The van der Waals surface area contributed by atoms with Crippen molar-refractivity contribution in [3.63, 3.8) is 0 Å². The predicted octanol–water partition coefficient (Wildman–Crippen LogP) is 1.16. The molecule has 3 N–H and O–H groups in total. The first-order valence-corrected chi connectivity index (χ1v) is 7.95. The molecule has 23 heavy (non-hydrogen) atoms. The van der Waals surface area contributed by atoms with E-state index < -0.39 is 5.97 Å². The molecule has 1 aliphatic rings. The van der Waals surface area contributed by atoms with Gasteiger partial charge in [0.25, 0.3) is 0 Å². The Morgan fingerprint density at radius 2 is 2.09 bits per heavy atom. The highest BCUT2D eigenvalue weighted by molar-refractivity contribution is 5.88. The smallest absolute Gasteiger partial charge is 0.335 e. The minimum absolute atomic E-state index is 0.0819. The van der Waals surface area contributed by atoms with Gasteiger partial charge in [0.1, 0.15) is 0 Å². The van der Waals surface area contributed by atoms with Gasteiger partial charge in [-0.05, 0) is 56.0 Å². The fourth-order valence-corrected chi connectivity index (χ4v) is 2.74. The van der Waals surface area contributed by atoms with Gasteiger partial charge in [-0.3, -0.25) is 9.69 Å². The molecule has 1 heterocycles. The van der Waals surface area contributed by atoms with Crippen molar-refractivity contribution in [3.05, 3.63) is 34.9 Å². The Balaban J connectivity index is 1.86. The summed E-state index contributed by atoms with van der Waals surface area (Å²) in [6, 6.07) is 4.91. The molecule has 0 bridgehead atoms. The monoisotopic (exact) mass is 320 g/mol. The minimum Gasteiger partial charge on any atom is -0.478 e. The molecule has 0 aromatic heterocycles.